The van der Waals surface area contributed by atoms with Gasteiger partial charge in [-0.05, 0) is 43.7 Å². The number of hydrogen-bond acceptors (Lipinski definition) is 3. The van der Waals surface area contributed by atoms with E-state index in [1.54, 1.807) is 4.90 Å². The van der Waals surface area contributed by atoms with Crippen LogP contribution in [0.1, 0.15) is 19.4 Å². The maximum absolute atomic E-state index is 12.6. The number of carbonyl (C=O) groups excluding carboxylic acids is 1. The third kappa shape index (κ3) is 4.82. The van der Waals surface area contributed by atoms with Crippen molar-refractivity contribution in [2.24, 2.45) is 0 Å². The summed E-state index contributed by atoms with van der Waals surface area (Å²) in [6, 6.07) is 15.3. The Hall–Kier alpha value is -1.85. The normalized spacial score (nSPS) is 11.5. The molecule has 0 aliphatic carbocycles. The zero-order valence-corrected chi connectivity index (χ0v) is 15.2. The second kappa shape index (κ2) is 7.81. The van der Waals surface area contributed by atoms with E-state index in [4.69, 9.17) is 11.6 Å². The van der Waals surface area contributed by atoms with Crippen molar-refractivity contribution in [1.29, 1.82) is 0 Å². The minimum atomic E-state index is -3.70. The first kappa shape index (κ1) is 18.5. The average Bonchev–Trinajstić information content (AvgIpc) is 2.53. The number of carbonyl (C=O) groups is 1. The van der Waals surface area contributed by atoms with E-state index in [-0.39, 0.29) is 10.9 Å². The summed E-state index contributed by atoms with van der Waals surface area (Å²) >= 11 is 5.78. The Morgan fingerprint density at radius 3 is 2.17 bits per heavy atom. The highest BCUT2D eigenvalue weighted by atomic mass is 35.5. The molecule has 0 aliphatic heterocycles. The highest BCUT2D eigenvalue weighted by Crippen LogP contribution is 2.17. The number of amides is 1. The second-order valence-electron chi connectivity index (χ2n) is 5.81. The molecule has 0 heterocycles. The van der Waals surface area contributed by atoms with Gasteiger partial charge in [-0.15, -0.1) is 0 Å². The first-order valence-electron chi connectivity index (χ1n) is 7.61. The van der Waals surface area contributed by atoms with Gasteiger partial charge in [0.2, 0.25) is 5.91 Å². The minimum Gasteiger partial charge on any atom is -0.335 e. The van der Waals surface area contributed by atoms with Crippen LogP contribution in [-0.4, -0.2) is 31.0 Å². The molecule has 2 rings (SSSR count). The smallest absolute Gasteiger partial charge is 0.238 e. The van der Waals surface area contributed by atoms with Gasteiger partial charge in [-0.3, -0.25) is 4.79 Å². The van der Waals surface area contributed by atoms with Crippen LogP contribution in [0.2, 0.25) is 5.02 Å². The Morgan fingerprint density at radius 1 is 1.04 bits per heavy atom. The van der Waals surface area contributed by atoms with E-state index in [1.807, 2.05) is 44.2 Å². The zero-order chi connectivity index (χ0) is 17.7. The summed E-state index contributed by atoms with van der Waals surface area (Å²) < 4.78 is 24.9. The van der Waals surface area contributed by atoms with Gasteiger partial charge < -0.3 is 4.90 Å². The third-order valence-electron chi connectivity index (χ3n) is 3.63. The van der Waals surface area contributed by atoms with Crippen LogP contribution >= 0.6 is 11.6 Å². The van der Waals surface area contributed by atoms with Crippen LogP contribution in [-0.2, 0) is 21.2 Å². The first-order chi connectivity index (χ1) is 11.3. The van der Waals surface area contributed by atoms with Crippen LogP contribution in [0.25, 0.3) is 0 Å². The summed E-state index contributed by atoms with van der Waals surface area (Å²) in [5.41, 5.74) is 0.962. The van der Waals surface area contributed by atoms with E-state index in [0.29, 0.717) is 11.6 Å². The molecule has 0 fully saturated rings. The molecule has 2 aromatic rings. The Kier molecular flexibility index (Phi) is 6.02. The van der Waals surface area contributed by atoms with E-state index < -0.39 is 21.5 Å². The Morgan fingerprint density at radius 2 is 1.62 bits per heavy atom. The van der Waals surface area contributed by atoms with E-state index in [1.165, 1.54) is 24.3 Å². The molecular weight excluding hydrogens is 346 g/mol. The Bertz CT molecular complexity index is 787. The van der Waals surface area contributed by atoms with Crippen LogP contribution in [0.15, 0.2) is 59.5 Å². The number of nitrogens with zero attached hydrogens (tertiary/aromatic N) is 1. The van der Waals surface area contributed by atoms with Gasteiger partial charge in [-0.2, -0.15) is 0 Å². The first-order valence-corrected chi connectivity index (χ1v) is 9.64. The standard InChI is InChI=1S/C18H20ClNO3S/c1-14(2)20(12-15-6-4-3-5-7-15)18(21)13-24(22,23)17-10-8-16(19)9-11-17/h3-11,14H,12-13H2,1-2H3. The van der Waals surface area contributed by atoms with Gasteiger partial charge in [0.25, 0.3) is 0 Å². The molecule has 0 unspecified atom stereocenters. The van der Waals surface area contributed by atoms with Crippen LogP contribution in [0.3, 0.4) is 0 Å². The van der Waals surface area contributed by atoms with Crippen molar-refractivity contribution in [3.63, 3.8) is 0 Å². The summed E-state index contributed by atoms with van der Waals surface area (Å²) in [5.74, 6) is -0.969. The minimum absolute atomic E-state index is 0.0990. The second-order valence-corrected chi connectivity index (χ2v) is 8.24. The molecule has 128 valence electrons. The predicted octanol–water partition coefficient (Wildman–Crippen LogP) is 3.55. The van der Waals surface area contributed by atoms with E-state index in [9.17, 15) is 13.2 Å². The lowest BCUT2D eigenvalue weighted by atomic mass is 10.2. The van der Waals surface area contributed by atoms with Gasteiger partial charge in [0.1, 0.15) is 5.75 Å². The van der Waals surface area contributed by atoms with Crippen molar-refractivity contribution in [2.45, 2.75) is 31.3 Å². The lowest BCUT2D eigenvalue weighted by molar-refractivity contribution is -0.130. The van der Waals surface area contributed by atoms with Crippen molar-refractivity contribution in [3.05, 3.63) is 65.2 Å². The van der Waals surface area contributed by atoms with Crippen LogP contribution in [0.5, 0.6) is 0 Å². The number of rotatable bonds is 6. The predicted molar refractivity (Wildman–Crippen MR) is 95.6 cm³/mol. The number of halogens is 1. The zero-order valence-electron chi connectivity index (χ0n) is 13.6. The number of benzene rings is 2. The van der Waals surface area contributed by atoms with Crippen molar-refractivity contribution in [3.8, 4) is 0 Å². The van der Waals surface area contributed by atoms with Crippen molar-refractivity contribution < 1.29 is 13.2 Å². The summed E-state index contributed by atoms with van der Waals surface area (Å²) in [6.45, 7) is 4.12. The van der Waals surface area contributed by atoms with Gasteiger partial charge in [-0.25, -0.2) is 8.42 Å². The van der Waals surface area contributed by atoms with E-state index >= 15 is 0 Å². The molecule has 24 heavy (non-hydrogen) atoms. The molecule has 2 aromatic carbocycles. The number of sulfone groups is 1. The lowest BCUT2D eigenvalue weighted by Gasteiger charge is -2.27. The summed E-state index contributed by atoms with van der Waals surface area (Å²) in [6.07, 6.45) is 0. The SMILES string of the molecule is CC(C)N(Cc1ccccc1)C(=O)CS(=O)(=O)c1ccc(Cl)cc1. The molecule has 0 aromatic heterocycles. The summed E-state index contributed by atoms with van der Waals surface area (Å²) in [4.78, 5) is 14.2. The van der Waals surface area contributed by atoms with Crippen LogP contribution < -0.4 is 0 Å². The Balaban J connectivity index is 2.16. The monoisotopic (exact) mass is 365 g/mol. The molecule has 0 bridgehead atoms. The molecular formula is C18H20ClNO3S. The highest BCUT2D eigenvalue weighted by molar-refractivity contribution is 7.92. The van der Waals surface area contributed by atoms with Crippen LogP contribution in [0, 0.1) is 0 Å². The van der Waals surface area contributed by atoms with Crippen molar-refractivity contribution >= 4 is 27.3 Å². The van der Waals surface area contributed by atoms with Crippen molar-refractivity contribution in [2.75, 3.05) is 5.75 Å². The van der Waals surface area contributed by atoms with Gasteiger partial charge in [0.15, 0.2) is 9.84 Å². The lowest BCUT2D eigenvalue weighted by Crippen LogP contribution is -2.40. The largest absolute Gasteiger partial charge is 0.335 e. The van der Waals surface area contributed by atoms with E-state index in [2.05, 4.69) is 0 Å². The average molecular weight is 366 g/mol. The van der Waals surface area contributed by atoms with E-state index in [0.717, 1.165) is 5.56 Å². The topological polar surface area (TPSA) is 54.5 Å². The van der Waals surface area contributed by atoms with Gasteiger partial charge >= 0.3 is 0 Å². The quantitative estimate of drug-likeness (QED) is 0.786. The summed E-state index contributed by atoms with van der Waals surface area (Å²) in [5, 5.41) is 0.452. The maximum atomic E-state index is 12.6. The molecule has 0 spiro atoms. The molecule has 6 heteroatoms. The van der Waals surface area contributed by atoms with Gasteiger partial charge in [-0.1, -0.05) is 41.9 Å². The fraction of sp³-hybridized carbons (Fsp3) is 0.278. The fourth-order valence-electron chi connectivity index (χ4n) is 2.31. The molecule has 0 saturated heterocycles. The molecule has 0 N–H and O–H groups in total. The molecule has 0 saturated carbocycles. The highest BCUT2D eigenvalue weighted by Gasteiger charge is 2.25. The maximum Gasteiger partial charge on any atom is 0.238 e. The molecule has 1 amide bonds. The molecule has 0 atom stereocenters. The summed E-state index contributed by atoms with van der Waals surface area (Å²) in [7, 11) is -3.70. The van der Waals surface area contributed by atoms with Gasteiger partial charge in [0.05, 0.1) is 4.90 Å². The molecule has 0 aliphatic rings. The number of hydrogen-bond donors (Lipinski definition) is 0. The van der Waals surface area contributed by atoms with Gasteiger partial charge in [0, 0.05) is 17.6 Å². The fourth-order valence-corrected chi connectivity index (χ4v) is 3.64. The Labute approximate surface area is 148 Å². The van der Waals surface area contributed by atoms with Crippen molar-refractivity contribution in [1.82, 2.24) is 4.90 Å². The molecule has 0 radical (unpaired) electrons. The molecule has 4 nitrogen and oxygen atoms in total. The van der Waals surface area contributed by atoms with Crippen LogP contribution in [0.4, 0.5) is 0 Å². The third-order valence-corrected chi connectivity index (χ3v) is 5.50.